The van der Waals surface area contributed by atoms with Gasteiger partial charge in [-0.3, -0.25) is 9.59 Å². The van der Waals surface area contributed by atoms with Gasteiger partial charge in [0.15, 0.2) is 5.69 Å². The SMILES string of the molecule is Cc1oc(-c2ccccc2)nc1C(=O)N1Cc2ccccc2CC1C(N)=O. The first-order valence-electron chi connectivity index (χ1n) is 8.74. The summed E-state index contributed by atoms with van der Waals surface area (Å²) in [5.74, 6) is -0.0792. The van der Waals surface area contributed by atoms with Crippen LogP contribution in [-0.4, -0.2) is 27.7 Å². The second-order valence-electron chi connectivity index (χ2n) is 6.61. The second kappa shape index (κ2) is 6.72. The molecule has 0 bridgehead atoms. The predicted octanol–water partition coefficient (Wildman–Crippen LogP) is 2.70. The van der Waals surface area contributed by atoms with Crippen LogP contribution in [0, 0.1) is 6.92 Å². The summed E-state index contributed by atoms with van der Waals surface area (Å²) in [6.45, 7) is 2.01. The summed E-state index contributed by atoms with van der Waals surface area (Å²) in [4.78, 5) is 31.1. The van der Waals surface area contributed by atoms with Crippen LogP contribution in [0.3, 0.4) is 0 Å². The van der Waals surface area contributed by atoms with Crippen LogP contribution in [0.25, 0.3) is 11.5 Å². The van der Waals surface area contributed by atoms with Gasteiger partial charge < -0.3 is 15.1 Å². The lowest BCUT2D eigenvalue weighted by Crippen LogP contribution is -2.51. The van der Waals surface area contributed by atoms with Crippen molar-refractivity contribution in [2.75, 3.05) is 0 Å². The summed E-state index contributed by atoms with van der Waals surface area (Å²) in [6.07, 6.45) is 0.402. The van der Waals surface area contributed by atoms with E-state index in [4.69, 9.17) is 10.2 Å². The van der Waals surface area contributed by atoms with Crippen LogP contribution in [-0.2, 0) is 17.8 Å². The molecule has 1 unspecified atom stereocenters. The summed E-state index contributed by atoms with van der Waals surface area (Å²) in [7, 11) is 0. The molecule has 6 nitrogen and oxygen atoms in total. The lowest BCUT2D eigenvalue weighted by Gasteiger charge is -2.34. The summed E-state index contributed by atoms with van der Waals surface area (Å²) in [5.41, 5.74) is 8.62. The average molecular weight is 361 g/mol. The Kier molecular flexibility index (Phi) is 4.24. The van der Waals surface area contributed by atoms with Gasteiger partial charge in [-0.25, -0.2) is 4.98 Å². The number of oxazole rings is 1. The smallest absolute Gasteiger partial charge is 0.277 e. The average Bonchev–Trinajstić information content (AvgIpc) is 3.08. The Morgan fingerprint density at radius 2 is 1.74 bits per heavy atom. The Hall–Kier alpha value is -3.41. The molecule has 0 saturated carbocycles. The molecule has 2 amide bonds. The van der Waals surface area contributed by atoms with Crippen molar-refractivity contribution in [1.82, 2.24) is 9.88 Å². The maximum Gasteiger partial charge on any atom is 0.277 e. The van der Waals surface area contributed by atoms with Gasteiger partial charge in [-0.05, 0) is 30.2 Å². The Morgan fingerprint density at radius 3 is 2.44 bits per heavy atom. The number of aromatic nitrogens is 1. The fraction of sp³-hybridized carbons (Fsp3) is 0.190. The first kappa shape index (κ1) is 17.0. The molecule has 0 fully saturated rings. The van der Waals surface area contributed by atoms with Gasteiger partial charge in [0.25, 0.3) is 5.91 Å². The van der Waals surface area contributed by atoms with E-state index in [-0.39, 0.29) is 11.6 Å². The van der Waals surface area contributed by atoms with Gasteiger partial charge >= 0.3 is 0 Å². The molecule has 6 heteroatoms. The van der Waals surface area contributed by atoms with Crippen LogP contribution in [0.5, 0.6) is 0 Å². The second-order valence-corrected chi connectivity index (χ2v) is 6.61. The topological polar surface area (TPSA) is 89.4 Å². The van der Waals surface area contributed by atoms with Crippen LogP contribution in [0.15, 0.2) is 59.0 Å². The van der Waals surface area contributed by atoms with E-state index in [0.717, 1.165) is 16.7 Å². The molecule has 136 valence electrons. The molecular weight excluding hydrogens is 342 g/mol. The number of primary amides is 1. The zero-order valence-corrected chi connectivity index (χ0v) is 14.9. The molecule has 0 aliphatic carbocycles. The normalized spacial score (nSPS) is 16.0. The fourth-order valence-electron chi connectivity index (χ4n) is 3.43. The Balaban J connectivity index is 1.69. The first-order valence-corrected chi connectivity index (χ1v) is 8.74. The molecule has 2 heterocycles. The van der Waals surface area contributed by atoms with E-state index in [0.29, 0.717) is 24.6 Å². The summed E-state index contributed by atoms with van der Waals surface area (Å²) >= 11 is 0. The van der Waals surface area contributed by atoms with Crippen LogP contribution >= 0.6 is 0 Å². The number of hydrogen-bond donors (Lipinski definition) is 1. The third kappa shape index (κ3) is 3.10. The largest absolute Gasteiger partial charge is 0.441 e. The molecule has 0 spiro atoms. The molecule has 2 N–H and O–H groups in total. The minimum absolute atomic E-state index is 0.208. The summed E-state index contributed by atoms with van der Waals surface area (Å²) in [6, 6.07) is 16.4. The monoisotopic (exact) mass is 361 g/mol. The quantitative estimate of drug-likeness (QED) is 0.777. The van der Waals surface area contributed by atoms with E-state index in [1.54, 1.807) is 6.92 Å². The maximum absolute atomic E-state index is 13.2. The first-order chi connectivity index (χ1) is 13.0. The van der Waals surface area contributed by atoms with E-state index in [1.807, 2.05) is 54.6 Å². The number of benzene rings is 2. The number of nitrogens with two attached hydrogens (primary N) is 1. The van der Waals surface area contributed by atoms with Gasteiger partial charge in [0.05, 0.1) is 0 Å². The van der Waals surface area contributed by atoms with Crippen molar-refractivity contribution in [1.29, 1.82) is 0 Å². The van der Waals surface area contributed by atoms with Crippen molar-refractivity contribution < 1.29 is 14.0 Å². The van der Waals surface area contributed by atoms with Gasteiger partial charge in [0.1, 0.15) is 11.8 Å². The molecule has 1 aromatic heterocycles. The summed E-state index contributed by atoms with van der Waals surface area (Å²) < 4.78 is 5.70. The van der Waals surface area contributed by atoms with E-state index in [1.165, 1.54) is 4.90 Å². The Bertz CT molecular complexity index is 1010. The molecule has 0 radical (unpaired) electrons. The standard InChI is InChI=1S/C21H19N3O3/c1-13-18(23-20(27-13)14-7-3-2-4-8-14)21(26)24-12-16-10-6-5-9-15(16)11-17(24)19(22)25/h2-10,17H,11-12H2,1H3,(H2,22,25). The highest BCUT2D eigenvalue weighted by molar-refractivity contribution is 5.97. The number of amides is 2. The van der Waals surface area contributed by atoms with Crippen LogP contribution in [0.2, 0.25) is 0 Å². The van der Waals surface area contributed by atoms with Crippen molar-refractivity contribution in [2.24, 2.45) is 5.73 Å². The van der Waals surface area contributed by atoms with Crippen molar-refractivity contribution >= 4 is 11.8 Å². The Labute approximate surface area is 156 Å². The highest BCUT2D eigenvalue weighted by Gasteiger charge is 2.35. The minimum Gasteiger partial charge on any atom is -0.441 e. The highest BCUT2D eigenvalue weighted by atomic mass is 16.4. The van der Waals surface area contributed by atoms with Crippen LogP contribution < -0.4 is 5.73 Å². The van der Waals surface area contributed by atoms with E-state index < -0.39 is 11.9 Å². The molecule has 3 aromatic rings. The molecule has 1 aliphatic rings. The van der Waals surface area contributed by atoms with Gasteiger partial charge in [-0.15, -0.1) is 0 Å². The number of carbonyl (C=O) groups is 2. The lowest BCUT2D eigenvalue weighted by molar-refractivity contribution is -0.122. The third-order valence-corrected chi connectivity index (χ3v) is 4.86. The number of carbonyl (C=O) groups excluding carboxylic acids is 2. The number of rotatable bonds is 3. The van der Waals surface area contributed by atoms with Crippen molar-refractivity contribution in [3.63, 3.8) is 0 Å². The lowest BCUT2D eigenvalue weighted by atomic mass is 9.93. The van der Waals surface area contributed by atoms with Crippen molar-refractivity contribution in [2.45, 2.75) is 25.9 Å². The van der Waals surface area contributed by atoms with Gasteiger partial charge in [-0.1, -0.05) is 42.5 Å². The number of nitrogens with zero attached hydrogens (tertiary/aromatic N) is 2. The predicted molar refractivity (Wildman–Crippen MR) is 99.7 cm³/mol. The third-order valence-electron chi connectivity index (χ3n) is 4.86. The highest BCUT2D eigenvalue weighted by Crippen LogP contribution is 2.27. The van der Waals surface area contributed by atoms with Crippen molar-refractivity contribution in [3.05, 3.63) is 77.2 Å². The summed E-state index contributed by atoms with van der Waals surface area (Å²) in [5, 5.41) is 0. The van der Waals surface area contributed by atoms with Gasteiger partial charge in [0, 0.05) is 18.5 Å². The number of hydrogen-bond acceptors (Lipinski definition) is 4. The molecular formula is C21H19N3O3. The molecule has 0 saturated heterocycles. The zero-order valence-electron chi connectivity index (χ0n) is 14.9. The van der Waals surface area contributed by atoms with Gasteiger partial charge in [0.2, 0.25) is 11.8 Å². The maximum atomic E-state index is 13.2. The van der Waals surface area contributed by atoms with E-state index in [2.05, 4.69) is 4.98 Å². The Morgan fingerprint density at radius 1 is 1.07 bits per heavy atom. The fourth-order valence-corrected chi connectivity index (χ4v) is 3.43. The molecule has 4 rings (SSSR count). The van der Waals surface area contributed by atoms with Crippen molar-refractivity contribution in [3.8, 4) is 11.5 Å². The van der Waals surface area contributed by atoms with Gasteiger partial charge in [-0.2, -0.15) is 0 Å². The van der Waals surface area contributed by atoms with Crippen LogP contribution in [0.1, 0.15) is 27.4 Å². The van der Waals surface area contributed by atoms with E-state index in [9.17, 15) is 9.59 Å². The molecule has 1 atom stereocenters. The van der Waals surface area contributed by atoms with Crippen LogP contribution in [0.4, 0.5) is 0 Å². The molecule has 1 aliphatic heterocycles. The number of fused-ring (bicyclic) bond motifs is 1. The van der Waals surface area contributed by atoms with E-state index >= 15 is 0 Å². The molecule has 2 aromatic carbocycles. The zero-order chi connectivity index (χ0) is 19.0. The molecule has 27 heavy (non-hydrogen) atoms. The minimum atomic E-state index is -0.705. The number of aryl methyl sites for hydroxylation is 1.